The Labute approximate surface area is 130 Å². The lowest BCUT2D eigenvalue weighted by Gasteiger charge is -2.40. The number of hydrogen-bond acceptors (Lipinski definition) is 3. The fraction of sp³-hybridized carbons (Fsp3) is 0.471. The summed E-state index contributed by atoms with van der Waals surface area (Å²) in [5, 5.41) is 1.25. The minimum absolute atomic E-state index is 0.0242. The van der Waals surface area contributed by atoms with Crippen LogP contribution in [0.5, 0.6) is 0 Å². The molecule has 5 heteroatoms. The minimum atomic E-state index is -0.756. The molecule has 118 valence electrons. The normalized spacial score (nSPS) is 22.9. The number of hydrogen-bond donors (Lipinski definition) is 1. The maximum atomic E-state index is 12.3. The quantitative estimate of drug-likeness (QED) is 0.941. The Balaban J connectivity index is 1.77. The van der Waals surface area contributed by atoms with E-state index in [1.165, 1.54) is 10.9 Å². The highest BCUT2D eigenvalue weighted by Gasteiger charge is 2.40. The fourth-order valence-corrected chi connectivity index (χ4v) is 3.19. The molecule has 1 aromatic carbocycles. The number of nitrogens with one attached hydrogen (secondary N) is 1. The van der Waals surface area contributed by atoms with Crippen molar-refractivity contribution in [2.45, 2.75) is 19.1 Å². The number of likely N-dealkylation sites (N-methyl/N-ethyl adjacent to an activating group) is 1. The van der Waals surface area contributed by atoms with Crippen molar-refractivity contribution in [2.24, 2.45) is 0 Å². The first-order chi connectivity index (χ1) is 10.5. The van der Waals surface area contributed by atoms with E-state index >= 15 is 0 Å². The number of H-pyrrole nitrogens is 1. The van der Waals surface area contributed by atoms with Gasteiger partial charge in [0.05, 0.1) is 6.61 Å². The van der Waals surface area contributed by atoms with Gasteiger partial charge in [-0.2, -0.15) is 0 Å². The van der Waals surface area contributed by atoms with Crippen LogP contribution in [-0.4, -0.2) is 60.1 Å². The van der Waals surface area contributed by atoms with Crippen LogP contribution in [0.2, 0.25) is 0 Å². The third-order valence-electron chi connectivity index (χ3n) is 4.28. The Kier molecular flexibility index (Phi) is 3.93. The molecule has 3 rings (SSSR count). The number of morpholine rings is 1. The summed E-state index contributed by atoms with van der Waals surface area (Å²) in [5.41, 5.74) is 1.66. The Bertz CT molecular complexity index is 679. The zero-order valence-corrected chi connectivity index (χ0v) is 13.4. The number of benzene rings is 1. The van der Waals surface area contributed by atoms with Gasteiger partial charge in [0.1, 0.15) is 0 Å². The number of fused-ring (bicyclic) bond motifs is 1. The monoisotopic (exact) mass is 301 g/mol. The lowest BCUT2D eigenvalue weighted by atomic mass is 10.0. The van der Waals surface area contributed by atoms with Crippen LogP contribution in [-0.2, 0) is 16.1 Å². The highest BCUT2D eigenvalue weighted by atomic mass is 16.5. The van der Waals surface area contributed by atoms with E-state index in [-0.39, 0.29) is 5.91 Å². The number of amides is 1. The first-order valence-electron chi connectivity index (χ1n) is 7.63. The molecule has 1 fully saturated rings. The first-order valence-corrected chi connectivity index (χ1v) is 7.63. The van der Waals surface area contributed by atoms with Crippen LogP contribution in [0.3, 0.4) is 0 Å². The Morgan fingerprint density at radius 1 is 1.41 bits per heavy atom. The van der Waals surface area contributed by atoms with Crippen molar-refractivity contribution in [1.82, 2.24) is 14.8 Å². The molecule has 1 aliphatic heterocycles. The summed E-state index contributed by atoms with van der Waals surface area (Å²) in [5.74, 6) is 0.0242. The Morgan fingerprint density at radius 2 is 2.18 bits per heavy atom. The molecule has 0 radical (unpaired) electrons. The van der Waals surface area contributed by atoms with Crippen LogP contribution in [0.15, 0.2) is 30.5 Å². The molecule has 1 aliphatic rings. The van der Waals surface area contributed by atoms with Gasteiger partial charge in [-0.3, -0.25) is 9.69 Å². The van der Waals surface area contributed by atoms with E-state index < -0.39 is 5.60 Å². The molecule has 22 heavy (non-hydrogen) atoms. The van der Waals surface area contributed by atoms with Gasteiger partial charge in [0.25, 0.3) is 5.91 Å². The van der Waals surface area contributed by atoms with Crippen LogP contribution in [0.25, 0.3) is 10.9 Å². The molecular formula is C17H23N3O2. The Morgan fingerprint density at radius 3 is 2.95 bits per heavy atom. The van der Waals surface area contributed by atoms with Gasteiger partial charge in [-0.05, 0) is 18.6 Å². The highest BCUT2D eigenvalue weighted by molar-refractivity contribution is 5.85. The summed E-state index contributed by atoms with van der Waals surface area (Å²) in [4.78, 5) is 19.6. The largest absolute Gasteiger partial charge is 0.363 e. The Hall–Kier alpha value is -1.85. The molecule has 0 aliphatic carbocycles. The van der Waals surface area contributed by atoms with Crippen LogP contribution in [0.4, 0.5) is 0 Å². The van der Waals surface area contributed by atoms with E-state index in [0.717, 1.165) is 18.6 Å². The van der Waals surface area contributed by atoms with Gasteiger partial charge >= 0.3 is 0 Å². The smallest absolute Gasteiger partial charge is 0.255 e. The molecule has 0 spiro atoms. The topological polar surface area (TPSA) is 48.6 Å². The van der Waals surface area contributed by atoms with E-state index in [1.54, 1.807) is 19.0 Å². The standard InChI is InChI=1S/C17H23N3O2/c1-17(16(21)19(2)3)12-20(8-9-22-17)11-13-10-18-15-7-5-4-6-14(13)15/h4-7,10,18H,8-9,11-12H2,1-3H3/t17-/m0/s1. The molecular weight excluding hydrogens is 278 g/mol. The maximum absolute atomic E-state index is 12.3. The van der Waals surface area contributed by atoms with Crippen molar-refractivity contribution in [1.29, 1.82) is 0 Å². The number of carbonyl (C=O) groups is 1. The van der Waals surface area contributed by atoms with Crippen molar-refractivity contribution in [3.05, 3.63) is 36.0 Å². The second-order valence-electron chi connectivity index (χ2n) is 6.35. The van der Waals surface area contributed by atoms with Crippen LogP contribution in [0.1, 0.15) is 12.5 Å². The summed E-state index contributed by atoms with van der Waals surface area (Å²) in [6, 6.07) is 8.30. The molecule has 1 saturated heterocycles. The van der Waals surface area contributed by atoms with E-state index in [4.69, 9.17) is 4.74 Å². The average molecular weight is 301 g/mol. The van der Waals surface area contributed by atoms with Crippen molar-refractivity contribution in [3.63, 3.8) is 0 Å². The highest BCUT2D eigenvalue weighted by Crippen LogP contribution is 2.24. The predicted octanol–water partition coefficient (Wildman–Crippen LogP) is 1.85. The van der Waals surface area contributed by atoms with E-state index in [9.17, 15) is 4.79 Å². The van der Waals surface area contributed by atoms with E-state index in [1.807, 2.05) is 13.0 Å². The second-order valence-corrected chi connectivity index (χ2v) is 6.35. The second kappa shape index (κ2) is 5.74. The van der Waals surface area contributed by atoms with Gasteiger partial charge in [-0.25, -0.2) is 0 Å². The molecule has 2 heterocycles. The van der Waals surface area contributed by atoms with Gasteiger partial charge in [0, 0.05) is 50.8 Å². The van der Waals surface area contributed by atoms with Crippen LogP contribution in [0, 0.1) is 0 Å². The SMILES string of the molecule is CN(C)C(=O)[C@]1(C)CN(Cc2c[nH]c3ccccc23)CCO1. The number of rotatable bonds is 3. The summed E-state index contributed by atoms with van der Waals surface area (Å²) < 4.78 is 5.78. The summed E-state index contributed by atoms with van der Waals surface area (Å²) >= 11 is 0. The minimum Gasteiger partial charge on any atom is -0.363 e. The molecule has 0 saturated carbocycles. The van der Waals surface area contributed by atoms with Gasteiger partial charge in [0.2, 0.25) is 0 Å². The predicted molar refractivity (Wildman–Crippen MR) is 86.6 cm³/mol. The lowest BCUT2D eigenvalue weighted by molar-refractivity contribution is -0.165. The number of nitrogens with zero attached hydrogens (tertiary/aromatic N) is 2. The van der Waals surface area contributed by atoms with Gasteiger partial charge < -0.3 is 14.6 Å². The number of para-hydroxylation sites is 1. The third kappa shape index (κ3) is 2.74. The molecule has 1 aromatic heterocycles. The maximum Gasteiger partial charge on any atom is 0.255 e. The molecule has 1 atom stereocenters. The molecule has 0 unspecified atom stereocenters. The van der Waals surface area contributed by atoms with Crippen molar-refractivity contribution in [3.8, 4) is 0 Å². The summed E-state index contributed by atoms with van der Waals surface area (Å²) in [6.07, 6.45) is 2.06. The number of aromatic nitrogens is 1. The lowest BCUT2D eigenvalue weighted by Crippen LogP contribution is -2.57. The van der Waals surface area contributed by atoms with Crippen molar-refractivity contribution in [2.75, 3.05) is 33.8 Å². The van der Waals surface area contributed by atoms with Crippen molar-refractivity contribution < 1.29 is 9.53 Å². The molecule has 5 nitrogen and oxygen atoms in total. The van der Waals surface area contributed by atoms with E-state index in [2.05, 4.69) is 34.3 Å². The number of aromatic amines is 1. The average Bonchev–Trinajstić information content (AvgIpc) is 2.90. The third-order valence-corrected chi connectivity index (χ3v) is 4.28. The molecule has 0 bridgehead atoms. The first kappa shape index (κ1) is 15.1. The summed E-state index contributed by atoms with van der Waals surface area (Å²) in [7, 11) is 3.55. The van der Waals surface area contributed by atoms with Gasteiger partial charge in [-0.15, -0.1) is 0 Å². The fourth-order valence-electron chi connectivity index (χ4n) is 3.19. The van der Waals surface area contributed by atoms with Crippen LogP contribution >= 0.6 is 0 Å². The van der Waals surface area contributed by atoms with E-state index in [0.29, 0.717) is 13.2 Å². The number of ether oxygens (including phenoxy) is 1. The van der Waals surface area contributed by atoms with Crippen molar-refractivity contribution >= 4 is 16.8 Å². The molecule has 1 amide bonds. The molecule has 1 N–H and O–H groups in total. The van der Waals surface area contributed by atoms with Crippen LogP contribution < -0.4 is 0 Å². The molecule has 2 aromatic rings. The van der Waals surface area contributed by atoms with Gasteiger partial charge in [0.15, 0.2) is 5.60 Å². The zero-order valence-electron chi connectivity index (χ0n) is 13.4. The van der Waals surface area contributed by atoms with Gasteiger partial charge in [-0.1, -0.05) is 18.2 Å². The number of carbonyl (C=O) groups excluding carboxylic acids is 1. The zero-order chi connectivity index (χ0) is 15.7. The summed E-state index contributed by atoms with van der Waals surface area (Å²) in [6.45, 7) is 4.75.